The van der Waals surface area contributed by atoms with Crippen molar-refractivity contribution >= 4 is 70.8 Å². The van der Waals surface area contributed by atoms with Gasteiger partial charge in [0.1, 0.15) is 0 Å². The highest BCUT2D eigenvalue weighted by atomic mass is 15.0. The Bertz CT molecular complexity index is 3040. The minimum absolute atomic E-state index is 0.983. The maximum absolute atomic E-state index is 5.28. The highest BCUT2D eigenvalue weighted by Crippen LogP contribution is 2.45. The molecule has 0 fully saturated rings. The molecule has 0 amide bonds. The number of benzene rings is 7. The summed E-state index contributed by atoms with van der Waals surface area (Å²) in [5.41, 5.74) is 12.7. The van der Waals surface area contributed by atoms with Gasteiger partial charge < -0.3 is 8.97 Å². The van der Waals surface area contributed by atoms with Crippen LogP contribution in [0.1, 0.15) is 0 Å². The van der Waals surface area contributed by atoms with Crippen molar-refractivity contribution < 1.29 is 0 Å². The van der Waals surface area contributed by atoms with Crippen LogP contribution in [-0.2, 0) is 0 Å². The van der Waals surface area contributed by atoms with Gasteiger partial charge in [-0.1, -0.05) is 115 Å². The van der Waals surface area contributed by atoms with Crippen molar-refractivity contribution in [3.8, 4) is 28.1 Å². The van der Waals surface area contributed by atoms with Crippen LogP contribution in [0.15, 0.2) is 164 Å². The number of para-hydroxylation sites is 2. The molecule has 4 heterocycles. The van der Waals surface area contributed by atoms with Crippen molar-refractivity contribution in [2.75, 3.05) is 0 Å². The molecule has 48 heavy (non-hydrogen) atoms. The second-order valence-corrected chi connectivity index (χ2v) is 12.8. The van der Waals surface area contributed by atoms with Gasteiger partial charge in [0.25, 0.3) is 0 Å². The van der Waals surface area contributed by atoms with Crippen LogP contribution in [-0.4, -0.2) is 14.0 Å². The van der Waals surface area contributed by atoms with Crippen molar-refractivity contribution in [1.29, 1.82) is 0 Å². The molecule has 0 bridgehead atoms. The molecular formula is C45H27N3. The third-order valence-electron chi connectivity index (χ3n) is 10.2. The Balaban J connectivity index is 1.27. The maximum atomic E-state index is 5.28. The average molecular weight is 610 g/mol. The van der Waals surface area contributed by atoms with E-state index in [0.29, 0.717) is 0 Å². The molecule has 222 valence electrons. The van der Waals surface area contributed by atoms with E-state index >= 15 is 0 Å². The summed E-state index contributed by atoms with van der Waals surface area (Å²) < 4.78 is 4.95. The second kappa shape index (κ2) is 9.54. The minimum atomic E-state index is 0.983. The molecule has 0 radical (unpaired) electrons. The van der Waals surface area contributed by atoms with Crippen molar-refractivity contribution in [2.45, 2.75) is 0 Å². The number of pyridine rings is 1. The van der Waals surface area contributed by atoms with Gasteiger partial charge in [-0.3, -0.25) is 0 Å². The van der Waals surface area contributed by atoms with E-state index in [2.05, 4.69) is 173 Å². The van der Waals surface area contributed by atoms with Gasteiger partial charge in [0.15, 0.2) is 0 Å². The van der Waals surface area contributed by atoms with Gasteiger partial charge in [-0.05, 0) is 59.5 Å². The standard InChI is InChI=1S/C45H27N3/c1-3-12-28(13-4-1)36-27-30-26-31(22-24-37(30)46-44(36)29-14-5-2-6-15-29)47-40-21-11-18-34-32-16-7-9-19-38(32)48-39-20-10-8-17-33(39)35-23-25-41(47)43(42(34)40)45(35)48/h1-27H. The predicted molar refractivity (Wildman–Crippen MR) is 202 cm³/mol. The van der Waals surface area contributed by atoms with Gasteiger partial charge in [-0.25, -0.2) is 4.98 Å². The summed E-state index contributed by atoms with van der Waals surface area (Å²) in [4.78, 5) is 5.28. The van der Waals surface area contributed by atoms with Crippen molar-refractivity contribution in [2.24, 2.45) is 0 Å². The lowest BCUT2D eigenvalue weighted by atomic mass is 9.97. The smallest absolute Gasteiger partial charge is 0.0788 e. The highest BCUT2D eigenvalue weighted by molar-refractivity contribution is 6.33. The van der Waals surface area contributed by atoms with Crippen molar-refractivity contribution in [3.05, 3.63) is 164 Å². The van der Waals surface area contributed by atoms with Gasteiger partial charge in [0.05, 0.1) is 38.8 Å². The predicted octanol–water partition coefficient (Wildman–Crippen LogP) is 11.8. The summed E-state index contributed by atoms with van der Waals surface area (Å²) in [5.74, 6) is 0. The normalized spacial score (nSPS) is 12.2. The quantitative estimate of drug-likeness (QED) is 0.195. The largest absolute Gasteiger partial charge is 0.309 e. The highest BCUT2D eigenvalue weighted by Gasteiger charge is 2.23. The Labute approximate surface area is 275 Å². The van der Waals surface area contributed by atoms with Crippen molar-refractivity contribution in [3.63, 3.8) is 0 Å². The fraction of sp³-hybridized carbons (Fsp3) is 0. The minimum Gasteiger partial charge on any atom is -0.309 e. The van der Waals surface area contributed by atoms with Crippen LogP contribution in [0.25, 0.3) is 98.9 Å². The topological polar surface area (TPSA) is 22.2 Å². The molecule has 0 spiro atoms. The van der Waals surface area contributed by atoms with Gasteiger partial charge in [0, 0.05) is 49.1 Å². The molecule has 0 aliphatic carbocycles. The molecule has 4 aromatic heterocycles. The first-order valence-corrected chi connectivity index (χ1v) is 16.5. The van der Waals surface area contributed by atoms with Crippen LogP contribution in [0, 0.1) is 0 Å². The number of fused-ring (bicyclic) bond motifs is 7. The number of hydrogen-bond donors (Lipinski definition) is 0. The van der Waals surface area contributed by atoms with E-state index in [9.17, 15) is 0 Å². The van der Waals surface area contributed by atoms with Crippen LogP contribution in [0.2, 0.25) is 0 Å². The lowest BCUT2D eigenvalue weighted by Crippen LogP contribution is -1.96. The number of rotatable bonds is 3. The third-order valence-corrected chi connectivity index (χ3v) is 10.2. The Hall–Kier alpha value is -6.45. The number of hydrogen-bond acceptors (Lipinski definition) is 1. The molecule has 11 aromatic rings. The van der Waals surface area contributed by atoms with Gasteiger partial charge >= 0.3 is 0 Å². The van der Waals surface area contributed by atoms with E-state index in [1.54, 1.807) is 0 Å². The Morgan fingerprint density at radius 2 is 1.04 bits per heavy atom. The maximum Gasteiger partial charge on any atom is 0.0788 e. The summed E-state index contributed by atoms with van der Waals surface area (Å²) in [6, 6.07) is 59.3. The second-order valence-electron chi connectivity index (χ2n) is 12.8. The molecule has 7 aromatic carbocycles. The summed E-state index contributed by atoms with van der Waals surface area (Å²) in [6.07, 6.45) is 0. The molecule has 3 heteroatoms. The Morgan fingerprint density at radius 1 is 0.417 bits per heavy atom. The zero-order chi connectivity index (χ0) is 31.3. The molecule has 11 rings (SSSR count). The van der Waals surface area contributed by atoms with Crippen LogP contribution in [0.3, 0.4) is 0 Å². The van der Waals surface area contributed by atoms with Gasteiger partial charge in [0.2, 0.25) is 0 Å². The number of nitrogens with zero attached hydrogens (tertiary/aromatic N) is 3. The zero-order valence-electron chi connectivity index (χ0n) is 25.9. The Morgan fingerprint density at radius 3 is 1.81 bits per heavy atom. The monoisotopic (exact) mass is 609 g/mol. The molecule has 0 unspecified atom stereocenters. The van der Waals surface area contributed by atoms with Crippen LogP contribution in [0.4, 0.5) is 0 Å². The third kappa shape index (κ3) is 3.40. The summed E-state index contributed by atoms with van der Waals surface area (Å²) in [5, 5.41) is 8.81. The summed E-state index contributed by atoms with van der Waals surface area (Å²) in [6.45, 7) is 0. The van der Waals surface area contributed by atoms with Crippen molar-refractivity contribution in [1.82, 2.24) is 14.0 Å². The molecular weight excluding hydrogens is 583 g/mol. The average Bonchev–Trinajstić information content (AvgIpc) is 3.63. The fourth-order valence-corrected chi connectivity index (χ4v) is 8.20. The molecule has 0 aliphatic heterocycles. The molecule has 3 nitrogen and oxygen atoms in total. The lowest BCUT2D eigenvalue weighted by molar-refractivity contribution is 1.18. The summed E-state index contributed by atoms with van der Waals surface area (Å²) >= 11 is 0. The first kappa shape index (κ1) is 25.7. The molecule has 0 saturated heterocycles. The fourth-order valence-electron chi connectivity index (χ4n) is 8.20. The molecule has 0 aliphatic rings. The summed E-state index contributed by atoms with van der Waals surface area (Å²) in [7, 11) is 0. The van der Waals surface area contributed by atoms with E-state index in [-0.39, 0.29) is 0 Å². The first-order valence-electron chi connectivity index (χ1n) is 16.5. The molecule has 0 N–H and O–H groups in total. The van der Waals surface area contributed by atoms with Gasteiger partial charge in [-0.15, -0.1) is 0 Å². The van der Waals surface area contributed by atoms with E-state index in [4.69, 9.17) is 4.98 Å². The van der Waals surface area contributed by atoms with E-state index in [1.165, 1.54) is 59.9 Å². The SMILES string of the molecule is c1ccc(-c2cc3cc(-n4c5cccc6c7ccccc7n7c8ccccc8c8ccc4c(c65)c87)ccc3nc2-c2ccccc2)cc1. The van der Waals surface area contributed by atoms with Crippen LogP contribution < -0.4 is 0 Å². The molecule has 0 saturated carbocycles. The number of aromatic nitrogens is 3. The van der Waals surface area contributed by atoms with E-state index < -0.39 is 0 Å². The molecule has 0 atom stereocenters. The van der Waals surface area contributed by atoms with Crippen LogP contribution in [0.5, 0.6) is 0 Å². The Kier molecular flexibility index (Phi) is 5.11. The van der Waals surface area contributed by atoms with Crippen LogP contribution >= 0.6 is 0 Å². The first-order chi connectivity index (χ1) is 23.8. The van der Waals surface area contributed by atoms with E-state index in [0.717, 1.165) is 39.0 Å². The zero-order valence-corrected chi connectivity index (χ0v) is 25.9. The van der Waals surface area contributed by atoms with E-state index in [1.807, 2.05) is 0 Å². The lowest BCUT2D eigenvalue weighted by Gasteiger charge is -2.14. The van der Waals surface area contributed by atoms with Gasteiger partial charge in [-0.2, -0.15) is 0 Å².